The van der Waals surface area contributed by atoms with Gasteiger partial charge in [-0.2, -0.15) is 0 Å². The fourth-order valence-electron chi connectivity index (χ4n) is 1.01. The van der Waals surface area contributed by atoms with Crippen LogP contribution < -0.4 is 5.32 Å². The van der Waals surface area contributed by atoms with Crippen molar-refractivity contribution in [1.29, 1.82) is 0 Å². The summed E-state index contributed by atoms with van der Waals surface area (Å²) in [6.45, 7) is 1.96. The first-order chi connectivity index (χ1) is 8.70. The molecule has 0 saturated heterocycles. The van der Waals surface area contributed by atoms with Crippen LogP contribution >= 0.6 is 22.9 Å². The first-order valence-electron chi connectivity index (χ1n) is 4.79. The van der Waals surface area contributed by atoms with Gasteiger partial charge in [-0.05, 0) is 12.1 Å². The van der Waals surface area contributed by atoms with Crippen molar-refractivity contribution in [2.75, 3.05) is 11.9 Å². The minimum Gasteiger partial charge on any atom is -0.461 e. The smallest absolute Gasteiger partial charge is 0.367 e. The number of nitrogens with one attached hydrogen (secondary N) is 1. The fourth-order valence-corrected chi connectivity index (χ4v) is 2.06. The number of carbonyl (C=O) groups is 2. The second-order valence-corrected chi connectivity index (χ2v) is 4.47. The van der Waals surface area contributed by atoms with E-state index in [1.165, 1.54) is 5.38 Å². The van der Waals surface area contributed by atoms with Crippen molar-refractivity contribution in [3.8, 4) is 0 Å². The van der Waals surface area contributed by atoms with Gasteiger partial charge in [0.1, 0.15) is 5.69 Å². The molecule has 0 aliphatic heterocycles. The molecule has 2 heterocycles. The third-order valence-corrected chi connectivity index (χ3v) is 3.04. The largest absolute Gasteiger partial charge is 0.461 e. The number of aromatic nitrogens is 4. The summed E-state index contributed by atoms with van der Waals surface area (Å²) in [5.41, 5.74) is 0.123. The summed E-state index contributed by atoms with van der Waals surface area (Å²) >= 11 is 1.99. The number of hydrogen-bond donors (Lipinski definition) is 1. The molecule has 2 rings (SSSR count). The van der Waals surface area contributed by atoms with Gasteiger partial charge in [-0.1, -0.05) is 9.59 Å². The molecule has 0 spiro atoms. The first-order valence-corrected chi connectivity index (χ1v) is 6.45. The van der Waals surface area contributed by atoms with E-state index in [2.05, 4.69) is 25.1 Å². The van der Waals surface area contributed by atoms with Crippen molar-refractivity contribution in [2.24, 2.45) is 0 Å². The lowest BCUT2D eigenvalue weighted by Crippen LogP contribution is -2.13. The van der Waals surface area contributed by atoms with Gasteiger partial charge >= 0.3 is 5.97 Å². The predicted octanol–water partition coefficient (Wildman–Crippen LogP) is 0.819. The van der Waals surface area contributed by atoms with Gasteiger partial charge in [0.25, 0.3) is 5.91 Å². The fraction of sp³-hybridized carbons (Fsp3) is 0.250. The number of anilines is 1. The summed E-state index contributed by atoms with van der Waals surface area (Å²) < 4.78 is 8.27. The first kappa shape index (κ1) is 12.5. The molecule has 0 atom stereocenters. The zero-order chi connectivity index (χ0) is 13.0. The summed E-state index contributed by atoms with van der Waals surface area (Å²) in [7, 11) is 0. The molecule has 0 fully saturated rings. The molecule has 0 aromatic carbocycles. The van der Waals surface area contributed by atoms with E-state index in [1.807, 2.05) is 0 Å². The van der Waals surface area contributed by atoms with Crippen molar-refractivity contribution in [3.63, 3.8) is 0 Å². The van der Waals surface area contributed by atoms with Crippen LogP contribution in [0.25, 0.3) is 0 Å². The maximum atomic E-state index is 11.7. The summed E-state index contributed by atoms with van der Waals surface area (Å²) in [5.74, 6) is -1.01. The van der Waals surface area contributed by atoms with Crippen LogP contribution in [-0.2, 0) is 4.74 Å². The number of esters is 1. The maximum absolute atomic E-state index is 11.7. The molecule has 94 valence electrons. The van der Waals surface area contributed by atoms with Crippen molar-refractivity contribution >= 4 is 39.9 Å². The number of thiazole rings is 1. The van der Waals surface area contributed by atoms with Crippen LogP contribution in [0.4, 0.5) is 5.13 Å². The van der Waals surface area contributed by atoms with Crippen LogP contribution in [0.2, 0.25) is 0 Å². The number of rotatable bonds is 4. The Hall–Kier alpha value is -1.94. The molecule has 0 unspecified atom stereocenters. The number of amides is 1. The highest BCUT2D eigenvalue weighted by atomic mass is 32.1. The van der Waals surface area contributed by atoms with Crippen LogP contribution in [-0.4, -0.2) is 38.3 Å². The Labute approximate surface area is 109 Å². The number of carbonyl (C=O) groups excluding carboxylic acids is 2. The molecule has 1 amide bonds. The predicted molar refractivity (Wildman–Crippen MR) is 63.7 cm³/mol. The van der Waals surface area contributed by atoms with Gasteiger partial charge in [0.2, 0.25) is 10.1 Å². The third kappa shape index (κ3) is 2.84. The minimum absolute atomic E-state index is 0.123. The number of nitrogens with zero attached hydrogens (tertiary/aromatic N) is 4. The lowest BCUT2D eigenvalue weighted by atomic mass is 10.4. The van der Waals surface area contributed by atoms with Crippen molar-refractivity contribution in [2.45, 2.75) is 6.92 Å². The van der Waals surface area contributed by atoms with Crippen molar-refractivity contribution < 1.29 is 14.3 Å². The van der Waals surface area contributed by atoms with E-state index in [4.69, 9.17) is 4.74 Å². The van der Waals surface area contributed by atoms with Crippen molar-refractivity contribution in [1.82, 2.24) is 19.8 Å². The van der Waals surface area contributed by atoms with E-state index >= 15 is 0 Å². The van der Waals surface area contributed by atoms with Gasteiger partial charge in [-0.15, -0.1) is 11.3 Å². The molecule has 0 aliphatic carbocycles. The molecule has 18 heavy (non-hydrogen) atoms. The van der Waals surface area contributed by atoms with E-state index in [0.29, 0.717) is 0 Å². The minimum atomic E-state index is -0.542. The summed E-state index contributed by atoms with van der Waals surface area (Å²) in [5, 5.41) is 11.2. The summed E-state index contributed by atoms with van der Waals surface area (Å²) in [6.07, 6.45) is 0. The Kier molecular flexibility index (Phi) is 3.89. The van der Waals surface area contributed by atoms with Crippen LogP contribution in [0, 0.1) is 0 Å². The molecule has 8 nitrogen and oxygen atoms in total. The van der Waals surface area contributed by atoms with Gasteiger partial charge in [-0.3, -0.25) is 10.1 Å². The Bertz CT molecular complexity index is 553. The van der Waals surface area contributed by atoms with Crippen LogP contribution in [0.15, 0.2) is 5.38 Å². The third-order valence-electron chi connectivity index (χ3n) is 1.71. The zero-order valence-corrected chi connectivity index (χ0v) is 10.7. The Morgan fingerprint density at radius 2 is 2.33 bits per heavy atom. The highest BCUT2D eigenvalue weighted by Crippen LogP contribution is 2.13. The Morgan fingerprint density at radius 1 is 1.50 bits per heavy atom. The lowest BCUT2D eigenvalue weighted by molar-refractivity contribution is 0.0526. The molecule has 2 aromatic heterocycles. The van der Waals surface area contributed by atoms with Crippen LogP contribution in [0.1, 0.15) is 27.2 Å². The van der Waals surface area contributed by atoms with E-state index in [0.717, 1.165) is 22.9 Å². The summed E-state index contributed by atoms with van der Waals surface area (Å²) in [6, 6.07) is 0. The van der Waals surface area contributed by atoms with Crippen LogP contribution in [0.3, 0.4) is 0 Å². The molecule has 0 aliphatic rings. The van der Waals surface area contributed by atoms with Gasteiger partial charge in [0.05, 0.1) is 6.61 Å². The van der Waals surface area contributed by atoms with E-state index in [1.54, 1.807) is 6.92 Å². The average molecular weight is 285 g/mol. The van der Waals surface area contributed by atoms with Crippen LogP contribution in [0.5, 0.6) is 0 Å². The lowest BCUT2D eigenvalue weighted by Gasteiger charge is -1.96. The van der Waals surface area contributed by atoms with E-state index < -0.39 is 11.9 Å². The Balaban J connectivity index is 2.05. The molecular weight excluding hydrogens is 278 g/mol. The normalized spacial score (nSPS) is 10.1. The average Bonchev–Trinajstić information content (AvgIpc) is 2.99. The Morgan fingerprint density at radius 3 is 3.00 bits per heavy atom. The molecule has 2 aromatic rings. The molecular formula is C8H7N5O3S2. The van der Waals surface area contributed by atoms with E-state index in [-0.39, 0.29) is 22.4 Å². The van der Waals surface area contributed by atoms with E-state index in [9.17, 15) is 9.59 Å². The topological polar surface area (TPSA) is 107 Å². The molecule has 0 radical (unpaired) electrons. The molecule has 10 heteroatoms. The monoisotopic (exact) mass is 285 g/mol. The number of hydrogen-bond acceptors (Lipinski definition) is 9. The SMILES string of the molecule is CCOC(=O)c1nc(C(=O)Nc2nnns2)cs1. The van der Waals surface area contributed by atoms with Gasteiger partial charge in [0.15, 0.2) is 0 Å². The maximum Gasteiger partial charge on any atom is 0.367 e. The highest BCUT2D eigenvalue weighted by molar-refractivity contribution is 7.12. The van der Waals surface area contributed by atoms with Gasteiger partial charge < -0.3 is 4.74 Å². The second kappa shape index (κ2) is 5.60. The molecule has 0 saturated carbocycles. The highest BCUT2D eigenvalue weighted by Gasteiger charge is 2.17. The standard InChI is InChI=1S/C8H7N5O3S2/c1-2-16-7(15)6-9-4(3-17-6)5(14)10-8-11-12-13-18-8/h3H,2H2,1H3,(H,10,11,13,14). The van der Waals surface area contributed by atoms with Gasteiger partial charge in [-0.25, -0.2) is 9.78 Å². The second-order valence-electron chi connectivity index (χ2n) is 2.88. The quantitative estimate of drug-likeness (QED) is 0.828. The zero-order valence-electron chi connectivity index (χ0n) is 9.11. The summed E-state index contributed by atoms with van der Waals surface area (Å²) in [4.78, 5) is 26.9. The van der Waals surface area contributed by atoms with Crippen molar-refractivity contribution in [3.05, 3.63) is 16.1 Å². The molecule has 0 bridgehead atoms. The molecule has 1 N–H and O–H groups in total. The number of ether oxygens (including phenoxy) is 1. The van der Waals surface area contributed by atoms with Gasteiger partial charge in [0, 0.05) is 16.9 Å².